The summed E-state index contributed by atoms with van der Waals surface area (Å²) in [5.74, 6) is 8.64. The maximum absolute atomic E-state index is 2.66. The molecule has 2 heterocycles. The number of hydrogen-bond donors (Lipinski definition) is 0. The van der Waals surface area contributed by atoms with E-state index in [1.807, 2.05) is 0 Å². The van der Waals surface area contributed by atoms with Gasteiger partial charge in [0.05, 0.1) is 0 Å². The molecule has 16 unspecified atom stereocenters. The van der Waals surface area contributed by atoms with Crippen molar-refractivity contribution < 1.29 is 0 Å². The second-order valence-electron chi connectivity index (χ2n) is 12.9. The summed E-state index contributed by atoms with van der Waals surface area (Å²) in [6.07, 6.45) is 0. The van der Waals surface area contributed by atoms with Crippen molar-refractivity contribution >= 4 is 47.0 Å². The summed E-state index contributed by atoms with van der Waals surface area (Å²) >= 11 is 9.89. The van der Waals surface area contributed by atoms with Gasteiger partial charge in [0.2, 0.25) is 0 Å². The van der Waals surface area contributed by atoms with E-state index in [2.05, 4.69) is 116 Å². The zero-order valence-corrected chi connectivity index (χ0v) is 25.3. The summed E-state index contributed by atoms with van der Waals surface area (Å²) in [6.45, 7) is 25.8. The van der Waals surface area contributed by atoms with Gasteiger partial charge in [-0.25, -0.2) is 0 Å². The summed E-state index contributed by atoms with van der Waals surface area (Å²) in [6, 6.07) is 0. The number of hydrogen-bond acceptors (Lipinski definition) is 4. The molecule has 5 rings (SSSR count). The number of thioether (sulfide) groups is 4. The molecule has 32 heavy (non-hydrogen) atoms. The van der Waals surface area contributed by atoms with E-state index in [1.165, 1.54) is 0 Å². The fraction of sp³-hybridized carbons (Fsp3) is 1.00. The first kappa shape index (κ1) is 25.1. The maximum atomic E-state index is 2.66. The van der Waals surface area contributed by atoms with Crippen LogP contribution < -0.4 is 0 Å². The molecule has 3 saturated carbocycles. The first-order chi connectivity index (χ1) is 15.0. The van der Waals surface area contributed by atoms with Crippen molar-refractivity contribution in [2.75, 3.05) is 0 Å². The Balaban J connectivity index is 1.42. The predicted molar refractivity (Wildman–Crippen MR) is 152 cm³/mol. The smallest absolute Gasteiger partial charge is 0.0209 e. The van der Waals surface area contributed by atoms with Crippen LogP contribution in [-0.2, 0) is 0 Å². The van der Waals surface area contributed by atoms with Crippen LogP contribution in [0.3, 0.4) is 0 Å². The summed E-state index contributed by atoms with van der Waals surface area (Å²) in [7, 11) is 0. The summed E-state index contributed by atoms with van der Waals surface area (Å²) in [5.41, 5.74) is 0. The SMILES string of the molecule is CC1C(C)C(C)C2SC3C(C)C4SC5C(C)C(C)C(C)C(C)C5SC4C(C)C3SC2C1C. The first-order valence-corrected chi connectivity index (χ1v) is 17.4. The van der Waals surface area contributed by atoms with Gasteiger partial charge >= 0.3 is 0 Å². The molecule has 184 valence electrons. The van der Waals surface area contributed by atoms with E-state index >= 15 is 0 Å². The Morgan fingerprint density at radius 2 is 0.375 bits per heavy atom. The van der Waals surface area contributed by atoms with Gasteiger partial charge in [-0.1, -0.05) is 69.2 Å². The van der Waals surface area contributed by atoms with Crippen molar-refractivity contribution in [2.24, 2.45) is 59.2 Å². The third kappa shape index (κ3) is 3.63. The minimum atomic E-state index is 0.854. The molecule has 0 N–H and O–H groups in total. The first-order valence-electron chi connectivity index (χ1n) is 13.7. The predicted octanol–water partition coefficient (Wildman–Crippen LogP) is 8.30. The van der Waals surface area contributed by atoms with Crippen LogP contribution >= 0.6 is 47.0 Å². The molecule has 0 aromatic heterocycles. The molecule has 0 nitrogen and oxygen atoms in total. The Hall–Kier alpha value is 1.40. The molecule has 2 saturated heterocycles. The summed E-state index contributed by atoms with van der Waals surface area (Å²) in [4.78, 5) is 0. The zero-order valence-electron chi connectivity index (χ0n) is 22.0. The van der Waals surface area contributed by atoms with Crippen LogP contribution in [0.5, 0.6) is 0 Å². The van der Waals surface area contributed by atoms with E-state index in [0.717, 1.165) is 101 Å². The molecular formula is C28H48S4. The van der Waals surface area contributed by atoms with Crippen molar-refractivity contribution in [1.82, 2.24) is 0 Å². The van der Waals surface area contributed by atoms with Crippen LogP contribution in [0.4, 0.5) is 0 Å². The van der Waals surface area contributed by atoms with E-state index < -0.39 is 0 Å². The van der Waals surface area contributed by atoms with Crippen molar-refractivity contribution in [1.29, 1.82) is 0 Å². The number of fused-ring (bicyclic) bond motifs is 4. The number of rotatable bonds is 0. The molecule has 3 aliphatic carbocycles. The molecule has 0 amide bonds. The van der Waals surface area contributed by atoms with Crippen LogP contribution in [0.2, 0.25) is 0 Å². The van der Waals surface area contributed by atoms with Crippen LogP contribution in [0.1, 0.15) is 69.2 Å². The fourth-order valence-electron chi connectivity index (χ4n) is 8.22. The largest absolute Gasteiger partial charge is 0.152 e. The van der Waals surface area contributed by atoms with E-state index in [0.29, 0.717) is 0 Å². The average molecular weight is 513 g/mol. The van der Waals surface area contributed by atoms with E-state index in [9.17, 15) is 0 Å². The fourth-order valence-corrected chi connectivity index (χ4v) is 18.3. The standard InChI is InChI=1S/C28H48S4/c1-11-12(2)16(6)22-21(15(11)5)29-25-19(9)27-28(20(10)26(25)30-22)32-24-18(8)14(4)13(3)17(7)23(24)31-27/h11-28H,1-10H3. The molecule has 4 heteroatoms. The third-order valence-electron chi connectivity index (χ3n) is 11.7. The van der Waals surface area contributed by atoms with E-state index in [4.69, 9.17) is 0 Å². The Bertz CT molecular complexity index is 583. The summed E-state index contributed by atoms with van der Waals surface area (Å²) < 4.78 is 0. The second kappa shape index (κ2) is 9.05. The van der Waals surface area contributed by atoms with Crippen LogP contribution in [0.25, 0.3) is 0 Å². The lowest BCUT2D eigenvalue weighted by atomic mass is 9.68. The molecule has 0 aromatic carbocycles. The molecule has 2 aliphatic heterocycles. The molecular weight excluding hydrogens is 465 g/mol. The maximum Gasteiger partial charge on any atom is 0.0209 e. The Morgan fingerprint density at radius 1 is 0.219 bits per heavy atom. The zero-order chi connectivity index (χ0) is 23.2. The van der Waals surface area contributed by atoms with Gasteiger partial charge in [-0.15, -0.1) is 0 Å². The van der Waals surface area contributed by atoms with Gasteiger partial charge in [0.1, 0.15) is 0 Å². The summed E-state index contributed by atoms with van der Waals surface area (Å²) in [5, 5.41) is 6.95. The molecule has 5 fully saturated rings. The van der Waals surface area contributed by atoms with Gasteiger partial charge in [-0.05, 0) is 59.2 Å². The lowest BCUT2D eigenvalue weighted by Gasteiger charge is -2.62. The molecule has 0 aromatic rings. The van der Waals surface area contributed by atoms with Crippen molar-refractivity contribution in [3.63, 3.8) is 0 Å². The van der Waals surface area contributed by atoms with Gasteiger partial charge in [0, 0.05) is 42.0 Å². The average Bonchev–Trinajstić information content (AvgIpc) is 2.80. The highest BCUT2D eigenvalue weighted by atomic mass is 32.2. The Labute approximate surface area is 216 Å². The normalized spacial score (nSPS) is 64.7. The highest BCUT2D eigenvalue weighted by Crippen LogP contribution is 2.65. The van der Waals surface area contributed by atoms with Gasteiger partial charge < -0.3 is 0 Å². The molecule has 0 radical (unpaired) electrons. The molecule has 5 aliphatic rings. The molecule has 16 atom stereocenters. The van der Waals surface area contributed by atoms with Gasteiger partial charge in [-0.3, -0.25) is 0 Å². The van der Waals surface area contributed by atoms with Gasteiger partial charge in [0.15, 0.2) is 0 Å². The van der Waals surface area contributed by atoms with Crippen LogP contribution in [0.15, 0.2) is 0 Å². The monoisotopic (exact) mass is 512 g/mol. The second-order valence-corrected chi connectivity index (χ2v) is 18.3. The van der Waals surface area contributed by atoms with Crippen molar-refractivity contribution in [3.8, 4) is 0 Å². The third-order valence-corrected chi connectivity index (χ3v) is 20.7. The van der Waals surface area contributed by atoms with Crippen LogP contribution in [-0.4, -0.2) is 42.0 Å². The van der Waals surface area contributed by atoms with Gasteiger partial charge in [-0.2, -0.15) is 47.0 Å². The molecule has 0 spiro atoms. The topological polar surface area (TPSA) is 0 Å². The van der Waals surface area contributed by atoms with Crippen LogP contribution in [0, 0.1) is 59.2 Å². The Morgan fingerprint density at radius 3 is 0.562 bits per heavy atom. The van der Waals surface area contributed by atoms with Crippen molar-refractivity contribution in [2.45, 2.75) is 111 Å². The molecule has 0 bridgehead atoms. The van der Waals surface area contributed by atoms with E-state index in [1.54, 1.807) is 0 Å². The lowest BCUT2D eigenvalue weighted by molar-refractivity contribution is 0.145. The lowest BCUT2D eigenvalue weighted by Crippen LogP contribution is -2.62. The van der Waals surface area contributed by atoms with Crippen molar-refractivity contribution in [3.05, 3.63) is 0 Å². The van der Waals surface area contributed by atoms with Gasteiger partial charge in [0.25, 0.3) is 0 Å². The minimum Gasteiger partial charge on any atom is -0.152 e. The quantitative estimate of drug-likeness (QED) is 0.320. The minimum absolute atomic E-state index is 0.854. The highest BCUT2D eigenvalue weighted by molar-refractivity contribution is 8.09. The highest BCUT2D eigenvalue weighted by Gasteiger charge is 2.60. The van der Waals surface area contributed by atoms with E-state index in [-0.39, 0.29) is 0 Å². The Kier molecular flexibility index (Phi) is 7.09.